The first-order valence-electron chi connectivity index (χ1n) is 13.4. The first-order chi connectivity index (χ1) is 20.5. The van der Waals surface area contributed by atoms with Gasteiger partial charge in [-0.1, -0.05) is 6.07 Å². The van der Waals surface area contributed by atoms with E-state index in [1.165, 1.54) is 22.6 Å². The first-order valence-corrected chi connectivity index (χ1v) is 14.2. The van der Waals surface area contributed by atoms with Crippen LogP contribution in [0.2, 0.25) is 0 Å². The van der Waals surface area contributed by atoms with E-state index in [-0.39, 0.29) is 0 Å². The summed E-state index contributed by atoms with van der Waals surface area (Å²) < 4.78 is 22.3. The van der Waals surface area contributed by atoms with Gasteiger partial charge in [-0.05, 0) is 30.7 Å². The van der Waals surface area contributed by atoms with Gasteiger partial charge in [-0.3, -0.25) is 9.69 Å². The molecule has 0 spiro atoms. The molecule has 0 bridgehead atoms. The molecule has 42 heavy (non-hydrogen) atoms. The maximum atomic E-state index is 13.5. The number of aromatic nitrogens is 2. The maximum Gasteiger partial charge on any atom is 0.332 e. The number of carbonyl (C=O) groups excluding carboxylic acids is 2. The molecule has 0 atom stereocenters. The van der Waals surface area contributed by atoms with Crippen molar-refractivity contribution in [2.75, 3.05) is 69.2 Å². The third kappa shape index (κ3) is 5.29. The van der Waals surface area contributed by atoms with E-state index >= 15 is 0 Å². The quantitative estimate of drug-likeness (QED) is 0.286. The Kier molecular flexibility index (Phi) is 7.78. The Labute approximate surface area is 246 Å². The zero-order valence-corrected chi connectivity index (χ0v) is 24.2. The molecule has 2 aromatic carbocycles. The van der Waals surface area contributed by atoms with Crippen molar-refractivity contribution in [1.82, 2.24) is 14.9 Å². The van der Waals surface area contributed by atoms with Crippen molar-refractivity contribution in [3.63, 3.8) is 0 Å². The first kappa shape index (κ1) is 27.7. The molecule has 4 heterocycles. The normalized spacial score (nSPS) is 14.9. The highest BCUT2D eigenvalue weighted by molar-refractivity contribution is 7.21. The minimum Gasteiger partial charge on any atom is -0.497 e. The van der Waals surface area contributed by atoms with Gasteiger partial charge in [0.15, 0.2) is 17.3 Å². The molecule has 0 saturated carbocycles. The summed E-state index contributed by atoms with van der Waals surface area (Å²) >= 11 is 1.18. The number of ether oxygens (including phenoxy) is 4. The number of amides is 3. The van der Waals surface area contributed by atoms with Crippen LogP contribution in [0.4, 0.5) is 27.7 Å². The molecule has 1 fully saturated rings. The molecule has 2 N–H and O–H groups in total. The largest absolute Gasteiger partial charge is 0.497 e. The number of carbonyl (C=O) groups is 2. The fourth-order valence-corrected chi connectivity index (χ4v) is 5.96. The lowest BCUT2D eigenvalue weighted by Gasteiger charge is -2.28. The third-order valence-corrected chi connectivity index (χ3v) is 8.27. The molecule has 218 valence electrons. The number of hydrogen-bond acceptors (Lipinski definition) is 10. The summed E-state index contributed by atoms with van der Waals surface area (Å²) in [7, 11) is 3.12. The summed E-state index contributed by atoms with van der Waals surface area (Å²) in [4.78, 5) is 40.4. The van der Waals surface area contributed by atoms with Gasteiger partial charge in [0.25, 0.3) is 5.91 Å². The van der Waals surface area contributed by atoms with Crippen LogP contribution in [0.1, 0.15) is 15.2 Å². The smallest absolute Gasteiger partial charge is 0.332 e. The minimum atomic E-state index is -0.438. The number of hydrogen-bond donors (Lipinski definition) is 2. The number of morpholine rings is 1. The zero-order valence-electron chi connectivity index (χ0n) is 23.4. The van der Waals surface area contributed by atoms with E-state index in [9.17, 15) is 9.59 Å². The fraction of sp³-hybridized carbons (Fsp3) is 0.310. The number of thiophene rings is 1. The van der Waals surface area contributed by atoms with Gasteiger partial charge in [0.1, 0.15) is 28.4 Å². The molecule has 0 radical (unpaired) electrons. The standard InChI is InChI=1S/C29H30N6O6S/c1-17-4-6-19(38-2)15-20(17)35-26-23-24(33-29(35)37)25(42-28(23)31-16-30-26)27(36)32-18-5-7-21(22(14-18)39-3)41-13-10-34-8-11-40-12-9-34/h4-7,14-16H,8-13H2,1-3H3,(H,32,36)(H,33,37). The summed E-state index contributed by atoms with van der Waals surface area (Å²) in [5.74, 6) is 1.69. The van der Waals surface area contributed by atoms with Gasteiger partial charge in [-0.2, -0.15) is 0 Å². The number of aryl methyl sites for hydroxylation is 1. The number of nitrogens with one attached hydrogen (secondary N) is 2. The van der Waals surface area contributed by atoms with Crippen molar-refractivity contribution < 1.29 is 28.5 Å². The summed E-state index contributed by atoms with van der Waals surface area (Å²) in [5.41, 5.74) is 2.37. The predicted molar refractivity (Wildman–Crippen MR) is 160 cm³/mol. The van der Waals surface area contributed by atoms with Gasteiger partial charge in [0, 0.05) is 37.5 Å². The van der Waals surface area contributed by atoms with E-state index in [2.05, 4.69) is 25.5 Å². The monoisotopic (exact) mass is 590 g/mol. The van der Waals surface area contributed by atoms with Gasteiger partial charge in [0.2, 0.25) is 0 Å². The second kappa shape index (κ2) is 11.8. The van der Waals surface area contributed by atoms with E-state index in [0.29, 0.717) is 61.8 Å². The fourth-order valence-electron chi connectivity index (χ4n) is 4.97. The second-order valence-corrected chi connectivity index (χ2v) is 10.7. The van der Waals surface area contributed by atoms with Crippen LogP contribution >= 0.6 is 11.3 Å². The lowest BCUT2D eigenvalue weighted by Crippen LogP contribution is -2.38. The average Bonchev–Trinajstić information content (AvgIpc) is 3.38. The molecule has 1 saturated heterocycles. The SMILES string of the molecule is COc1ccc(C)c(N2C(=O)Nc3c(C(=O)Nc4ccc(OCCN5CCOCC5)c(OC)c4)sc4ncnc2c34)c1. The predicted octanol–water partition coefficient (Wildman–Crippen LogP) is 4.66. The topological polar surface area (TPSA) is 127 Å². The Morgan fingerprint density at radius 1 is 1.10 bits per heavy atom. The third-order valence-electron chi connectivity index (χ3n) is 7.17. The van der Waals surface area contributed by atoms with Crippen molar-refractivity contribution in [3.05, 3.63) is 53.2 Å². The Balaban J connectivity index is 1.24. The molecule has 2 aromatic heterocycles. The van der Waals surface area contributed by atoms with E-state index in [4.69, 9.17) is 18.9 Å². The van der Waals surface area contributed by atoms with E-state index in [0.717, 1.165) is 38.4 Å². The molecule has 3 amide bonds. The van der Waals surface area contributed by atoms with Crippen molar-refractivity contribution in [1.29, 1.82) is 0 Å². The van der Waals surface area contributed by atoms with E-state index < -0.39 is 11.9 Å². The van der Waals surface area contributed by atoms with Crippen LogP contribution in [0, 0.1) is 6.92 Å². The molecule has 4 aromatic rings. The number of methoxy groups -OCH3 is 2. The van der Waals surface area contributed by atoms with Crippen molar-refractivity contribution >= 4 is 56.4 Å². The van der Waals surface area contributed by atoms with Crippen LogP contribution in [-0.4, -0.2) is 80.5 Å². The van der Waals surface area contributed by atoms with Gasteiger partial charge in [-0.15, -0.1) is 11.3 Å². The van der Waals surface area contributed by atoms with E-state index in [1.54, 1.807) is 38.5 Å². The van der Waals surface area contributed by atoms with Gasteiger partial charge >= 0.3 is 6.03 Å². The number of nitrogens with zero attached hydrogens (tertiary/aromatic N) is 4. The highest BCUT2D eigenvalue weighted by Gasteiger charge is 2.34. The van der Waals surface area contributed by atoms with Crippen molar-refractivity contribution in [2.24, 2.45) is 0 Å². The van der Waals surface area contributed by atoms with Gasteiger partial charge in [0.05, 0.1) is 44.2 Å². The molecule has 2 aliphatic rings. The lowest BCUT2D eigenvalue weighted by molar-refractivity contribution is 0.0321. The van der Waals surface area contributed by atoms with Crippen LogP contribution in [0.15, 0.2) is 42.7 Å². The zero-order chi connectivity index (χ0) is 29.2. The number of urea groups is 1. The number of benzene rings is 2. The molecular weight excluding hydrogens is 560 g/mol. The second-order valence-electron chi connectivity index (χ2n) is 9.72. The Morgan fingerprint density at radius 2 is 1.93 bits per heavy atom. The number of anilines is 4. The van der Waals surface area contributed by atoms with Crippen LogP contribution in [0.5, 0.6) is 17.2 Å². The number of rotatable bonds is 9. The summed E-state index contributed by atoms with van der Waals surface area (Å²) in [5, 5.41) is 6.40. The van der Waals surface area contributed by atoms with Gasteiger partial charge < -0.3 is 29.6 Å². The average molecular weight is 591 g/mol. The highest BCUT2D eigenvalue weighted by atomic mass is 32.1. The lowest BCUT2D eigenvalue weighted by atomic mass is 10.1. The van der Waals surface area contributed by atoms with Crippen molar-refractivity contribution in [2.45, 2.75) is 6.92 Å². The molecule has 12 nitrogen and oxygen atoms in total. The van der Waals surface area contributed by atoms with Crippen LogP contribution in [0.25, 0.3) is 10.2 Å². The summed E-state index contributed by atoms with van der Waals surface area (Å²) in [6.07, 6.45) is 1.39. The van der Waals surface area contributed by atoms with Crippen LogP contribution < -0.4 is 29.7 Å². The van der Waals surface area contributed by atoms with Gasteiger partial charge in [-0.25, -0.2) is 19.7 Å². The summed E-state index contributed by atoms with van der Waals surface area (Å²) in [6, 6.07) is 10.3. The molecule has 2 aliphatic heterocycles. The molecule has 6 rings (SSSR count). The maximum absolute atomic E-state index is 13.5. The van der Waals surface area contributed by atoms with Crippen LogP contribution in [0.3, 0.4) is 0 Å². The molecule has 13 heteroatoms. The highest BCUT2D eigenvalue weighted by Crippen LogP contribution is 2.45. The molecular formula is C29H30N6O6S. The Bertz CT molecular complexity index is 1650. The molecule has 0 unspecified atom stereocenters. The molecule has 0 aliphatic carbocycles. The Hall–Kier alpha value is -4.46. The van der Waals surface area contributed by atoms with E-state index in [1.807, 2.05) is 19.1 Å². The van der Waals surface area contributed by atoms with Crippen molar-refractivity contribution in [3.8, 4) is 17.2 Å². The van der Waals surface area contributed by atoms with Crippen LogP contribution in [-0.2, 0) is 4.74 Å². The summed E-state index contributed by atoms with van der Waals surface area (Å²) in [6.45, 7) is 6.42. The minimum absolute atomic E-state index is 0.312. The Morgan fingerprint density at radius 3 is 2.71 bits per heavy atom.